The van der Waals surface area contributed by atoms with E-state index in [9.17, 15) is 10.2 Å². The van der Waals surface area contributed by atoms with E-state index in [-0.39, 0.29) is 25.6 Å². The predicted octanol–water partition coefficient (Wildman–Crippen LogP) is -0.293. The van der Waals surface area contributed by atoms with E-state index in [0.29, 0.717) is 31.8 Å². The smallest absolute Gasteiger partial charge is 0.151 e. The number of nitrogens with one attached hydrogen (secondary N) is 1. The van der Waals surface area contributed by atoms with Crippen molar-refractivity contribution in [3.63, 3.8) is 0 Å². The number of benzene rings is 1. The van der Waals surface area contributed by atoms with Crippen molar-refractivity contribution < 1.29 is 20.4 Å². The quantitative estimate of drug-likeness (QED) is 0.254. The maximum absolute atomic E-state index is 9.18. The van der Waals surface area contributed by atoms with E-state index in [1.54, 1.807) is 6.08 Å². The van der Waals surface area contributed by atoms with Gasteiger partial charge in [-0.1, -0.05) is 12.2 Å². The van der Waals surface area contributed by atoms with Crippen LogP contribution in [-0.2, 0) is 0 Å². The number of hydrogen-bond acceptors (Lipinski definition) is 8. The minimum absolute atomic E-state index is 0.0179. The van der Waals surface area contributed by atoms with Crippen LogP contribution in [0.25, 0.3) is 0 Å². The molecule has 1 aromatic carbocycles. The molecule has 1 aliphatic carbocycles. The summed E-state index contributed by atoms with van der Waals surface area (Å²) in [7, 11) is 0. The number of nitrogens with two attached hydrogens (primary N) is 2. The fourth-order valence-electron chi connectivity index (χ4n) is 3.34. The number of allylic oxidation sites excluding steroid dienone is 1. The molecule has 0 saturated heterocycles. The number of anilines is 2. The van der Waals surface area contributed by atoms with Crippen LogP contribution in [0.2, 0.25) is 0 Å². The van der Waals surface area contributed by atoms with Crippen LogP contribution >= 0.6 is 0 Å². The topological polar surface area (TPSA) is 148 Å². The lowest BCUT2D eigenvalue weighted by molar-refractivity contribution is -0.0495. The first-order valence-corrected chi connectivity index (χ1v) is 9.50. The van der Waals surface area contributed by atoms with E-state index in [1.807, 2.05) is 41.3 Å². The van der Waals surface area contributed by atoms with Gasteiger partial charge in [-0.2, -0.15) is 0 Å². The second kappa shape index (κ2) is 10.4. The van der Waals surface area contributed by atoms with Gasteiger partial charge in [0.1, 0.15) is 0 Å². The zero-order valence-corrected chi connectivity index (χ0v) is 16.0. The summed E-state index contributed by atoms with van der Waals surface area (Å²) < 4.78 is 0. The predicted molar refractivity (Wildman–Crippen MR) is 111 cm³/mol. The summed E-state index contributed by atoms with van der Waals surface area (Å²) >= 11 is 0. The lowest BCUT2D eigenvalue weighted by atomic mass is 9.77. The first kappa shape index (κ1) is 22.2. The minimum Gasteiger partial charge on any atom is -0.399 e. The highest BCUT2D eigenvalue weighted by molar-refractivity contribution is 5.55. The Morgan fingerprint density at radius 1 is 1.11 bits per heavy atom. The molecule has 2 atom stereocenters. The molecule has 9 N–H and O–H groups in total. The molecule has 0 heterocycles. The van der Waals surface area contributed by atoms with Crippen molar-refractivity contribution in [1.82, 2.24) is 0 Å². The molecular weight excluding hydrogens is 360 g/mol. The standard InChI is InChI=1S/C20H32N4O4/c21-16-5-7-20(22,8-6-19(27)28)15(13-16)14-23-17-1-3-18(4-2-17)24(9-11-25)10-12-26/h1-5,7,13,15,19,23,25-28H,6,8-12,14,21-22H2. The van der Waals surface area contributed by atoms with Gasteiger partial charge >= 0.3 is 0 Å². The molecule has 8 heteroatoms. The van der Waals surface area contributed by atoms with E-state index >= 15 is 0 Å². The van der Waals surface area contributed by atoms with Crippen molar-refractivity contribution in [3.8, 4) is 0 Å². The van der Waals surface area contributed by atoms with Gasteiger partial charge in [0.25, 0.3) is 0 Å². The molecule has 1 aromatic rings. The Balaban J connectivity index is 2.01. The van der Waals surface area contributed by atoms with Crippen molar-refractivity contribution in [3.05, 3.63) is 48.2 Å². The molecule has 0 fully saturated rings. The highest BCUT2D eigenvalue weighted by Gasteiger charge is 2.33. The zero-order chi connectivity index (χ0) is 20.6. The third kappa shape index (κ3) is 6.22. The van der Waals surface area contributed by atoms with Crippen molar-refractivity contribution in [1.29, 1.82) is 0 Å². The molecule has 0 aromatic heterocycles. The molecule has 0 saturated carbocycles. The van der Waals surface area contributed by atoms with Crippen LogP contribution in [0, 0.1) is 5.92 Å². The van der Waals surface area contributed by atoms with Gasteiger partial charge in [0.2, 0.25) is 0 Å². The van der Waals surface area contributed by atoms with Gasteiger partial charge in [-0.05, 0) is 43.2 Å². The van der Waals surface area contributed by atoms with Crippen LogP contribution in [0.3, 0.4) is 0 Å². The summed E-state index contributed by atoms with van der Waals surface area (Å²) in [6.45, 7) is 1.49. The van der Waals surface area contributed by atoms with Crippen LogP contribution in [0.1, 0.15) is 12.8 Å². The molecule has 156 valence electrons. The van der Waals surface area contributed by atoms with Crippen molar-refractivity contribution in [2.24, 2.45) is 17.4 Å². The highest BCUT2D eigenvalue weighted by Crippen LogP contribution is 2.29. The van der Waals surface area contributed by atoms with Crippen LogP contribution in [0.4, 0.5) is 11.4 Å². The van der Waals surface area contributed by atoms with Crippen LogP contribution < -0.4 is 21.7 Å². The lowest BCUT2D eigenvalue weighted by Gasteiger charge is -2.36. The number of aliphatic hydroxyl groups excluding tert-OH is 3. The van der Waals surface area contributed by atoms with Gasteiger partial charge in [0.05, 0.1) is 13.2 Å². The summed E-state index contributed by atoms with van der Waals surface area (Å²) in [4.78, 5) is 1.91. The maximum atomic E-state index is 9.18. The molecule has 8 nitrogen and oxygen atoms in total. The minimum atomic E-state index is -1.39. The van der Waals surface area contributed by atoms with Gasteiger partial charge < -0.3 is 42.1 Å². The van der Waals surface area contributed by atoms with Gasteiger partial charge in [-0.3, -0.25) is 0 Å². The molecule has 0 radical (unpaired) electrons. The fraction of sp³-hybridized carbons (Fsp3) is 0.500. The molecule has 0 spiro atoms. The number of aliphatic hydroxyl groups is 4. The Morgan fingerprint density at radius 3 is 2.32 bits per heavy atom. The Morgan fingerprint density at radius 2 is 1.75 bits per heavy atom. The summed E-state index contributed by atoms with van der Waals surface area (Å²) in [5, 5.41) is 40.0. The number of hydrogen-bond donors (Lipinski definition) is 7. The molecule has 1 aliphatic rings. The molecule has 2 unspecified atom stereocenters. The summed E-state index contributed by atoms with van der Waals surface area (Å²) in [6, 6.07) is 7.71. The first-order chi connectivity index (χ1) is 13.4. The highest BCUT2D eigenvalue weighted by atomic mass is 16.5. The Bertz CT molecular complexity index is 657. The largest absolute Gasteiger partial charge is 0.399 e. The second-order valence-electron chi connectivity index (χ2n) is 7.10. The Kier molecular flexibility index (Phi) is 8.28. The van der Waals surface area contributed by atoms with Gasteiger partial charge in [-0.15, -0.1) is 0 Å². The SMILES string of the molecule is NC1=CC(CNc2ccc(N(CCO)CCO)cc2)C(N)(CCC(O)O)C=C1. The average molecular weight is 393 g/mol. The van der Waals surface area contributed by atoms with E-state index in [0.717, 1.165) is 11.4 Å². The zero-order valence-electron chi connectivity index (χ0n) is 16.0. The molecule has 0 amide bonds. The van der Waals surface area contributed by atoms with E-state index in [2.05, 4.69) is 5.32 Å². The third-order valence-electron chi connectivity index (χ3n) is 5.00. The second-order valence-corrected chi connectivity index (χ2v) is 7.10. The van der Waals surface area contributed by atoms with E-state index < -0.39 is 11.8 Å². The lowest BCUT2D eigenvalue weighted by Crippen LogP contribution is -2.49. The van der Waals surface area contributed by atoms with Crippen molar-refractivity contribution >= 4 is 11.4 Å². The van der Waals surface area contributed by atoms with Crippen LogP contribution in [0.15, 0.2) is 48.2 Å². The molecular formula is C20H32N4O4. The van der Waals surface area contributed by atoms with Gasteiger partial charge in [0, 0.05) is 48.2 Å². The monoisotopic (exact) mass is 392 g/mol. The maximum Gasteiger partial charge on any atom is 0.151 e. The average Bonchev–Trinajstić information content (AvgIpc) is 2.68. The van der Waals surface area contributed by atoms with Crippen molar-refractivity contribution in [2.45, 2.75) is 24.7 Å². The molecule has 28 heavy (non-hydrogen) atoms. The Labute approximate surface area is 165 Å². The summed E-state index contributed by atoms with van der Waals surface area (Å²) in [5.41, 5.74) is 14.2. The molecule has 0 aliphatic heterocycles. The molecule has 2 rings (SSSR count). The Hall–Kier alpha value is -2.10. The fourth-order valence-corrected chi connectivity index (χ4v) is 3.34. The van der Waals surface area contributed by atoms with Crippen LogP contribution in [0.5, 0.6) is 0 Å². The van der Waals surface area contributed by atoms with Gasteiger partial charge in [0.15, 0.2) is 6.29 Å². The van der Waals surface area contributed by atoms with E-state index in [4.69, 9.17) is 21.7 Å². The molecule has 0 bridgehead atoms. The summed E-state index contributed by atoms with van der Waals surface area (Å²) in [5.74, 6) is -0.101. The number of nitrogens with zero attached hydrogens (tertiary/aromatic N) is 1. The van der Waals surface area contributed by atoms with Crippen LogP contribution in [-0.4, -0.2) is 65.1 Å². The first-order valence-electron chi connectivity index (χ1n) is 9.50. The third-order valence-corrected chi connectivity index (χ3v) is 5.00. The normalized spacial score (nSPS) is 21.6. The van der Waals surface area contributed by atoms with Crippen molar-refractivity contribution in [2.75, 3.05) is 43.1 Å². The number of rotatable bonds is 11. The summed E-state index contributed by atoms with van der Waals surface area (Å²) in [6.07, 6.45) is 4.71. The van der Waals surface area contributed by atoms with E-state index in [1.165, 1.54) is 0 Å². The van der Waals surface area contributed by atoms with Gasteiger partial charge in [-0.25, -0.2) is 0 Å².